The summed E-state index contributed by atoms with van der Waals surface area (Å²) in [5.74, 6) is 2.28. The molecule has 1 N–H and O–H groups in total. The molecule has 2 amide bonds. The minimum Gasteiger partial charge on any atom is -0.355 e. The molecule has 174 valence electrons. The van der Waals surface area contributed by atoms with Gasteiger partial charge < -0.3 is 10.2 Å². The van der Waals surface area contributed by atoms with Gasteiger partial charge in [-0.2, -0.15) is 0 Å². The van der Waals surface area contributed by atoms with Gasteiger partial charge in [-0.3, -0.25) is 9.59 Å². The number of benzene rings is 1. The van der Waals surface area contributed by atoms with Crippen LogP contribution in [0.5, 0.6) is 0 Å². The Labute approximate surface area is 190 Å². The van der Waals surface area contributed by atoms with Gasteiger partial charge in [-0.05, 0) is 86.5 Å². The Bertz CT molecular complexity index is 1010. The molecule has 0 atom stereocenters. The Morgan fingerprint density at radius 2 is 1.72 bits per heavy atom. The summed E-state index contributed by atoms with van der Waals surface area (Å²) in [6.07, 6.45) is 7.88. The van der Waals surface area contributed by atoms with E-state index in [9.17, 15) is 18.0 Å². The zero-order chi connectivity index (χ0) is 22.7. The van der Waals surface area contributed by atoms with E-state index in [2.05, 4.69) is 5.32 Å². The first-order chi connectivity index (χ1) is 15.2. The number of carbonyl (C=O) groups excluding carboxylic acids is 2. The molecule has 1 aromatic rings. The van der Waals surface area contributed by atoms with Crippen LogP contribution in [0.15, 0.2) is 23.1 Å². The number of hydrogen-bond donors (Lipinski definition) is 1. The Balaban J connectivity index is 1.19. The van der Waals surface area contributed by atoms with Gasteiger partial charge in [0.25, 0.3) is 0 Å². The van der Waals surface area contributed by atoms with E-state index in [1.54, 1.807) is 23.1 Å². The lowest BCUT2D eigenvalue weighted by Crippen LogP contribution is -2.53. The molecule has 0 aromatic heterocycles. The van der Waals surface area contributed by atoms with Gasteiger partial charge in [0.2, 0.25) is 21.8 Å². The molecule has 4 bridgehead atoms. The van der Waals surface area contributed by atoms with Crippen molar-refractivity contribution in [3.63, 3.8) is 0 Å². The van der Waals surface area contributed by atoms with Crippen molar-refractivity contribution in [2.45, 2.75) is 56.3 Å². The third-order valence-corrected chi connectivity index (χ3v) is 9.98. The molecule has 4 aliphatic carbocycles. The first kappa shape index (κ1) is 21.9. The van der Waals surface area contributed by atoms with Crippen LogP contribution in [0.2, 0.25) is 0 Å². The van der Waals surface area contributed by atoms with Crippen LogP contribution in [-0.2, 0) is 26.0 Å². The first-order valence-electron chi connectivity index (χ1n) is 11.8. The van der Waals surface area contributed by atoms with Gasteiger partial charge in [-0.1, -0.05) is 0 Å². The molecular weight excluding hydrogens is 426 g/mol. The van der Waals surface area contributed by atoms with Crippen LogP contribution in [-0.4, -0.2) is 51.7 Å². The molecule has 4 saturated carbocycles. The highest BCUT2D eigenvalue weighted by Crippen LogP contribution is 2.60. The maximum Gasteiger partial charge on any atom is 0.242 e. The molecule has 6 rings (SSSR count). The van der Waals surface area contributed by atoms with E-state index in [-0.39, 0.29) is 28.5 Å². The summed E-state index contributed by atoms with van der Waals surface area (Å²) in [5, 5.41) is 3.09. The van der Waals surface area contributed by atoms with Crippen molar-refractivity contribution in [1.82, 2.24) is 9.62 Å². The lowest BCUT2D eigenvalue weighted by molar-refractivity contribution is -0.146. The molecule has 1 heterocycles. The van der Waals surface area contributed by atoms with Crippen molar-refractivity contribution < 1.29 is 18.0 Å². The molecule has 1 aliphatic heterocycles. The molecule has 0 radical (unpaired) electrons. The highest BCUT2D eigenvalue weighted by atomic mass is 32.2. The second-order valence-corrected chi connectivity index (χ2v) is 12.7. The first-order valence-corrected chi connectivity index (χ1v) is 13.3. The fourth-order valence-electron chi connectivity index (χ4n) is 7.00. The van der Waals surface area contributed by atoms with E-state index in [1.165, 1.54) is 37.7 Å². The van der Waals surface area contributed by atoms with Gasteiger partial charge in [-0.25, -0.2) is 12.7 Å². The van der Waals surface area contributed by atoms with Crippen molar-refractivity contribution in [2.75, 3.05) is 32.1 Å². The number of rotatable bonds is 6. The molecule has 0 unspecified atom stereocenters. The zero-order valence-corrected chi connectivity index (χ0v) is 19.8. The quantitative estimate of drug-likeness (QED) is 0.708. The average molecular weight is 460 g/mol. The van der Waals surface area contributed by atoms with E-state index in [0.29, 0.717) is 19.5 Å². The summed E-state index contributed by atoms with van der Waals surface area (Å²) in [6, 6.07) is 4.96. The van der Waals surface area contributed by atoms with Gasteiger partial charge in [0, 0.05) is 44.7 Å². The number of carbonyl (C=O) groups is 2. The van der Waals surface area contributed by atoms with E-state index >= 15 is 0 Å². The second kappa shape index (κ2) is 7.83. The summed E-state index contributed by atoms with van der Waals surface area (Å²) in [5.41, 5.74) is 1.46. The SMILES string of the molecule is CN(C)S(=O)(=O)c1ccc2c(c1)CCN2C(=O)CCNC(=O)C12CC3CC(CC(C3)C1)C2. The Morgan fingerprint density at radius 3 is 2.31 bits per heavy atom. The summed E-state index contributed by atoms with van der Waals surface area (Å²) in [7, 11) is -0.477. The number of anilines is 1. The molecule has 8 heteroatoms. The van der Waals surface area contributed by atoms with Gasteiger partial charge in [-0.15, -0.1) is 0 Å². The van der Waals surface area contributed by atoms with Crippen LogP contribution in [0.4, 0.5) is 5.69 Å². The van der Waals surface area contributed by atoms with E-state index in [0.717, 1.165) is 48.3 Å². The maximum absolute atomic E-state index is 13.1. The van der Waals surface area contributed by atoms with Crippen LogP contribution in [0.25, 0.3) is 0 Å². The molecule has 0 spiro atoms. The van der Waals surface area contributed by atoms with Crippen LogP contribution >= 0.6 is 0 Å². The highest BCUT2D eigenvalue weighted by molar-refractivity contribution is 7.89. The van der Waals surface area contributed by atoms with E-state index in [1.807, 2.05) is 0 Å². The van der Waals surface area contributed by atoms with Crippen molar-refractivity contribution in [3.05, 3.63) is 23.8 Å². The molecular formula is C24H33N3O4S. The molecule has 7 nitrogen and oxygen atoms in total. The fraction of sp³-hybridized carbons (Fsp3) is 0.667. The van der Waals surface area contributed by atoms with Crippen LogP contribution < -0.4 is 10.2 Å². The van der Waals surface area contributed by atoms with Gasteiger partial charge in [0.15, 0.2) is 0 Å². The van der Waals surface area contributed by atoms with Gasteiger partial charge in [0.05, 0.1) is 4.90 Å². The number of hydrogen-bond acceptors (Lipinski definition) is 4. The number of nitrogens with one attached hydrogen (secondary N) is 1. The predicted octanol–water partition coefficient (Wildman–Crippen LogP) is 2.55. The summed E-state index contributed by atoms with van der Waals surface area (Å²) in [6.45, 7) is 0.904. The van der Waals surface area contributed by atoms with Crippen molar-refractivity contribution in [2.24, 2.45) is 23.2 Å². The van der Waals surface area contributed by atoms with Gasteiger partial charge >= 0.3 is 0 Å². The minimum absolute atomic E-state index is 0.0298. The zero-order valence-electron chi connectivity index (χ0n) is 19.0. The third-order valence-electron chi connectivity index (χ3n) is 8.17. The number of nitrogens with zero attached hydrogens (tertiary/aromatic N) is 2. The second-order valence-electron chi connectivity index (χ2n) is 10.6. The van der Waals surface area contributed by atoms with Crippen molar-refractivity contribution in [3.8, 4) is 0 Å². The third kappa shape index (κ3) is 3.65. The number of fused-ring (bicyclic) bond motifs is 1. The molecule has 5 aliphatic rings. The number of amides is 2. The molecule has 0 saturated heterocycles. The lowest BCUT2D eigenvalue weighted by atomic mass is 9.49. The average Bonchev–Trinajstić information content (AvgIpc) is 3.16. The molecule has 4 fully saturated rings. The van der Waals surface area contributed by atoms with E-state index < -0.39 is 10.0 Å². The fourth-order valence-corrected chi connectivity index (χ4v) is 7.96. The monoisotopic (exact) mass is 459 g/mol. The Hall–Kier alpha value is -1.93. The smallest absolute Gasteiger partial charge is 0.242 e. The Morgan fingerprint density at radius 1 is 1.09 bits per heavy atom. The number of sulfonamides is 1. The van der Waals surface area contributed by atoms with Gasteiger partial charge in [0.1, 0.15) is 0 Å². The van der Waals surface area contributed by atoms with Crippen LogP contribution in [0.1, 0.15) is 50.5 Å². The predicted molar refractivity (Wildman–Crippen MR) is 122 cm³/mol. The van der Waals surface area contributed by atoms with Crippen molar-refractivity contribution >= 4 is 27.5 Å². The van der Waals surface area contributed by atoms with E-state index in [4.69, 9.17) is 0 Å². The topological polar surface area (TPSA) is 86.8 Å². The summed E-state index contributed by atoms with van der Waals surface area (Å²) in [4.78, 5) is 27.9. The standard InChI is InChI=1S/C24H33N3O4S/c1-26(2)32(30,31)20-3-4-21-19(12-20)6-8-27(21)22(28)5-7-25-23(29)24-13-16-9-17(14-24)11-18(10-16)15-24/h3-4,12,16-18H,5-11,13-15H2,1-2H3,(H,25,29). The summed E-state index contributed by atoms with van der Waals surface area (Å²) >= 11 is 0. The Kier molecular flexibility index (Phi) is 5.36. The lowest BCUT2D eigenvalue weighted by Gasteiger charge is -2.55. The molecule has 32 heavy (non-hydrogen) atoms. The van der Waals surface area contributed by atoms with Crippen LogP contribution in [0.3, 0.4) is 0 Å². The largest absolute Gasteiger partial charge is 0.355 e. The van der Waals surface area contributed by atoms with Crippen LogP contribution in [0, 0.1) is 23.2 Å². The minimum atomic E-state index is -3.50. The van der Waals surface area contributed by atoms with Crippen molar-refractivity contribution in [1.29, 1.82) is 0 Å². The normalized spacial score (nSPS) is 30.6. The summed E-state index contributed by atoms with van der Waals surface area (Å²) < 4.78 is 26.0. The highest BCUT2D eigenvalue weighted by Gasteiger charge is 2.54. The molecule has 1 aromatic carbocycles. The maximum atomic E-state index is 13.1.